The Balaban J connectivity index is 0. The van der Waals surface area contributed by atoms with E-state index in [0.717, 1.165) is 4.48 Å². The number of benzene rings is 1. The molecule has 0 bridgehead atoms. The molecule has 25 heavy (non-hydrogen) atoms. The number of hydrogen-bond donors (Lipinski definition) is 0. The molecule has 0 amide bonds. The predicted molar refractivity (Wildman–Crippen MR) is 107 cm³/mol. The van der Waals surface area contributed by atoms with E-state index in [9.17, 15) is 0 Å². The molecular formula is C20H38N2O3. The Morgan fingerprint density at radius 2 is 1.24 bits per heavy atom. The normalized spacial score (nSPS) is 10.1. The molecule has 1 rings (SSSR count). The molecule has 0 unspecified atom stereocenters. The zero-order chi connectivity index (χ0) is 19.6. The van der Waals surface area contributed by atoms with E-state index in [0.29, 0.717) is 0 Å². The second kappa shape index (κ2) is 17.2. The van der Waals surface area contributed by atoms with Gasteiger partial charge in [0.2, 0.25) is 0 Å². The largest absolute Gasteiger partial charge is 0.356 e. The van der Waals surface area contributed by atoms with Crippen LogP contribution < -0.4 is 0 Å². The SMILES string of the molecule is CCCCCCCCCc1ccccc1.CC[N+](C)(C)C.O=[N+]([O-])[O-]. The lowest BCUT2D eigenvalue weighted by molar-refractivity contribution is -0.868. The second-order valence-electron chi connectivity index (χ2n) is 7.19. The summed E-state index contributed by atoms with van der Waals surface area (Å²) in [6.45, 7) is 5.66. The first-order valence-corrected chi connectivity index (χ1v) is 9.38. The maximum atomic E-state index is 8.25. The number of aryl methyl sites for hydroxylation is 1. The average Bonchev–Trinajstić information content (AvgIpc) is 2.54. The molecule has 5 nitrogen and oxygen atoms in total. The van der Waals surface area contributed by atoms with Crippen LogP contribution in [0.5, 0.6) is 0 Å². The van der Waals surface area contributed by atoms with E-state index in [-0.39, 0.29) is 0 Å². The number of quaternary nitrogens is 1. The predicted octanol–water partition coefficient (Wildman–Crippen LogP) is 5.45. The molecule has 0 radical (unpaired) electrons. The lowest BCUT2D eigenvalue weighted by atomic mass is 10.0. The Hall–Kier alpha value is -1.62. The lowest BCUT2D eigenvalue weighted by Gasteiger charge is -2.20. The van der Waals surface area contributed by atoms with Crippen LogP contribution in [0, 0.1) is 15.3 Å². The van der Waals surface area contributed by atoms with Gasteiger partial charge in [-0.15, -0.1) is 0 Å². The van der Waals surface area contributed by atoms with E-state index in [1.807, 2.05) is 0 Å². The molecule has 0 saturated heterocycles. The van der Waals surface area contributed by atoms with Gasteiger partial charge < -0.3 is 19.8 Å². The first-order chi connectivity index (χ1) is 11.7. The van der Waals surface area contributed by atoms with Crippen LogP contribution in [-0.2, 0) is 6.42 Å². The third kappa shape index (κ3) is 27.5. The smallest absolute Gasteiger partial charge is 0.0751 e. The fourth-order valence-corrected chi connectivity index (χ4v) is 1.93. The van der Waals surface area contributed by atoms with Crippen LogP contribution in [0.25, 0.3) is 0 Å². The Labute approximate surface area is 154 Å². The van der Waals surface area contributed by atoms with Crippen LogP contribution in [0.15, 0.2) is 30.3 Å². The molecule has 1 aromatic rings. The summed E-state index contributed by atoms with van der Waals surface area (Å²) in [5, 5.41) is 14.8. The van der Waals surface area contributed by atoms with Gasteiger partial charge in [0.25, 0.3) is 0 Å². The van der Waals surface area contributed by atoms with E-state index >= 15 is 0 Å². The molecule has 0 aliphatic rings. The maximum Gasteiger partial charge on any atom is 0.0751 e. The highest BCUT2D eigenvalue weighted by atomic mass is 16.9. The van der Waals surface area contributed by atoms with Crippen LogP contribution in [0.2, 0.25) is 0 Å². The van der Waals surface area contributed by atoms with Gasteiger partial charge in [0.1, 0.15) is 0 Å². The average molecular weight is 355 g/mol. The summed E-state index contributed by atoms with van der Waals surface area (Å²) >= 11 is 0. The second-order valence-corrected chi connectivity index (χ2v) is 7.19. The molecular weight excluding hydrogens is 316 g/mol. The first-order valence-electron chi connectivity index (χ1n) is 9.38. The van der Waals surface area contributed by atoms with Crippen LogP contribution >= 0.6 is 0 Å². The van der Waals surface area contributed by atoms with E-state index in [1.165, 1.54) is 63.5 Å². The van der Waals surface area contributed by atoms with Gasteiger partial charge in [-0.25, -0.2) is 0 Å². The summed E-state index contributed by atoms with van der Waals surface area (Å²) in [6.07, 6.45) is 11.1. The van der Waals surface area contributed by atoms with Gasteiger partial charge in [-0.2, -0.15) is 0 Å². The summed E-state index contributed by atoms with van der Waals surface area (Å²) in [5.41, 5.74) is 1.49. The van der Waals surface area contributed by atoms with Crippen LogP contribution in [-0.4, -0.2) is 37.3 Å². The minimum atomic E-state index is -1.75. The van der Waals surface area contributed by atoms with Crippen molar-refractivity contribution in [3.05, 3.63) is 51.2 Å². The Bertz CT molecular complexity index is 399. The number of hydrogen-bond acceptors (Lipinski definition) is 3. The molecule has 0 saturated carbocycles. The van der Waals surface area contributed by atoms with Gasteiger partial charge >= 0.3 is 0 Å². The Morgan fingerprint density at radius 3 is 1.64 bits per heavy atom. The van der Waals surface area contributed by atoms with Crippen molar-refractivity contribution in [2.45, 2.75) is 65.2 Å². The van der Waals surface area contributed by atoms with Crippen molar-refractivity contribution < 1.29 is 9.57 Å². The molecule has 0 fully saturated rings. The van der Waals surface area contributed by atoms with Gasteiger partial charge in [0.05, 0.1) is 32.8 Å². The van der Waals surface area contributed by atoms with Crippen molar-refractivity contribution in [1.82, 2.24) is 0 Å². The standard InChI is InChI=1S/C15H24.C5H14N.NO3/c1-2-3-4-5-6-7-9-12-15-13-10-8-11-14-15;1-5-6(2,3)4;2-1(3)4/h8,10-11,13-14H,2-7,9,12H2,1H3;5H2,1-4H3;/q;+1;-1. The fraction of sp³-hybridized carbons (Fsp3) is 0.700. The summed E-state index contributed by atoms with van der Waals surface area (Å²) in [5.74, 6) is 0. The molecule has 0 aliphatic carbocycles. The highest BCUT2D eigenvalue weighted by Gasteiger charge is 1.97. The lowest BCUT2D eigenvalue weighted by Crippen LogP contribution is -2.33. The van der Waals surface area contributed by atoms with Crippen molar-refractivity contribution in [2.75, 3.05) is 27.7 Å². The van der Waals surface area contributed by atoms with E-state index in [2.05, 4.69) is 65.3 Å². The number of rotatable bonds is 9. The maximum absolute atomic E-state index is 8.25. The van der Waals surface area contributed by atoms with Crippen LogP contribution in [0.4, 0.5) is 0 Å². The fourth-order valence-electron chi connectivity index (χ4n) is 1.93. The van der Waals surface area contributed by atoms with Gasteiger partial charge in [0.15, 0.2) is 0 Å². The number of unbranched alkanes of at least 4 members (excludes halogenated alkanes) is 6. The van der Waals surface area contributed by atoms with Gasteiger partial charge in [-0.05, 0) is 25.3 Å². The van der Waals surface area contributed by atoms with Crippen molar-refractivity contribution in [1.29, 1.82) is 0 Å². The zero-order valence-electron chi connectivity index (χ0n) is 16.9. The summed E-state index contributed by atoms with van der Waals surface area (Å²) < 4.78 is 1.07. The molecule has 1 aromatic carbocycles. The highest BCUT2D eigenvalue weighted by molar-refractivity contribution is 5.14. The molecule has 146 valence electrons. The molecule has 5 heteroatoms. The topological polar surface area (TPSA) is 66.2 Å². The monoisotopic (exact) mass is 354 g/mol. The zero-order valence-corrected chi connectivity index (χ0v) is 16.9. The van der Waals surface area contributed by atoms with Crippen molar-refractivity contribution in [3.8, 4) is 0 Å². The first kappa shape index (κ1) is 25.6. The third-order valence-electron chi connectivity index (χ3n) is 3.86. The van der Waals surface area contributed by atoms with E-state index in [4.69, 9.17) is 15.3 Å². The van der Waals surface area contributed by atoms with Crippen molar-refractivity contribution in [3.63, 3.8) is 0 Å². The summed E-state index contributed by atoms with van der Waals surface area (Å²) in [7, 11) is 6.54. The molecule has 0 atom stereocenters. The highest BCUT2D eigenvalue weighted by Crippen LogP contribution is 2.10. The summed E-state index contributed by atoms with van der Waals surface area (Å²) in [6, 6.07) is 10.8. The molecule has 0 aromatic heterocycles. The van der Waals surface area contributed by atoms with Crippen LogP contribution in [0.1, 0.15) is 64.4 Å². The van der Waals surface area contributed by atoms with Crippen molar-refractivity contribution >= 4 is 0 Å². The van der Waals surface area contributed by atoms with Gasteiger partial charge in [-0.3, -0.25) is 0 Å². The molecule has 0 aliphatic heterocycles. The van der Waals surface area contributed by atoms with Crippen LogP contribution in [0.3, 0.4) is 0 Å². The molecule has 0 N–H and O–H groups in total. The van der Waals surface area contributed by atoms with Gasteiger partial charge in [-0.1, -0.05) is 75.8 Å². The summed E-state index contributed by atoms with van der Waals surface area (Å²) in [4.78, 5) is 8.25. The molecule has 0 heterocycles. The Morgan fingerprint density at radius 1 is 0.840 bits per heavy atom. The minimum Gasteiger partial charge on any atom is -0.356 e. The molecule has 0 spiro atoms. The van der Waals surface area contributed by atoms with E-state index in [1.54, 1.807) is 0 Å². The Kier molecular flexibility index (Phi) is 17.6. The van der Waals surface area contributed by atoms with Crippen molar-refractivity contribution in [2.24, 2.45) is 0 Å². The minimum absolute atomic E-state index is 1.07. The van der Waals surface area contributed by atoms with Gasteiger partial charge in [0, 0.05) is 0 Å². The third-order valence-corrected chi connectivity index (χ3v) is 3.86. The quantitative estimate of drug-likeness (QED) is 0.256. The van der Waals surface area contributed by atoms with E-state index < -0.39 is 5.09 Å². The number of nitrogens with zero attached hydrogens (tertiary/aromatic N) is 2.